The van der Waals surface area contributed by atoms with Crippen molar-refractivity contribution < 1.29 is 4.79 Å². The predicted molar refractivity (Wildman–Crippen MR) is 92.6 cm³/mol. The van der Waals surface area contributed by atoms with E-state index in [1.165, 1.54) is 0 Å². The Kier molecular flexibility index (Phi) is 3.70. The van der Waals surface area contributed by atoms with Gasteiger partial charge in [0.15, 0.2) is 11.6 Å². The fraction of sp³-hybridized carbons (Fsp3) is 0.118. The number of anilines is 1. The van der Waals surface area contributed by atoms with E-state index in [4.69, 9.17) is 0 Å². The summed E-state index contributed by atoms with van der Waals surface area (Å²) in [5.41, 5.74) is 1.72. The molecule has 0 saturated heterocycles. The van der Waals surface area contributed by atoms with Crippen molar-refractivity contribution in [1.29, 1.82) is 0 Å². The van der Waals surface area contributed by atoms with E-state index in [9.17, 15) is 4.79 Å². The maximum Gasteiger partial charge on any atom is 0.247 e. The standard InChI is InChI=1S/C17H15N7O/c1-23-14-6-3-2-5-13(14)17(22-23)21-15(25)11-24-10-12(9-20-24)16-18-7-4-8-19-16/h2-10H,11H2,1H3,(H,21,22,25). The Bertz CT molecular complexity index is 1040. The molecule has 4 aromatic rings. The predicted octanol–water partition coefficient (Wildman–Crippen LogP) is 1.87. The van der Waals surface area contributed by atoms with Crippen LogP contribution in [-0.4, -0.2) is 35.4 Å². The third-order valence-electron chi connectivity index (χ3n) is 3.78. The number of carbonyl (C=O) groups excluding carboxylic acids is 1. The van der Waals surface area contributed by atoms with E-state index in [-0.39, 0.29) is 12.5 Å². The monoisotopic (exact) mass is 333 g/mol. The Morgan fingerprint density at radius 3 is 2.80 bits per heavy atom. The van der Waals surface area contributed by atoms with E-state index in [0.29, 0.717) is 11.6 Å². The van der Waals surface area contributed by atoms with Gasteiger partial charge in [-0.2, -0.15) is 10.2 Å². The second-order valence-electron chi connectivity index (χ2n) is 5.54. The summed E-state index contributed by atoms with van der Waals surface area (Å²) in [7, 11) is 1.84. The molecule has 8 nitrogen and oxygen atoms in total. The van der Waals surface area contributed by atoms with Crippen molar-refractivity contribution >= 4 is 22.6 Å². The Balaban J connectivity index is 1.50. The van der Waals surface area contributed by atoms with Crippen LogP contribution in [0.3, 0.4) is 0 Å². The first kappa shape index (κ1) is 15.0. The van der Waals surface area contributed by atoms with Gasteiger partial charge in [0.2, 0.25) is 5.91 Å². The Hall–Kier alpha value is -3.55. The molecule has 3 aromatic heterocycles. The number of aryl methyl sites for hydroxylation is 1. The number of benzene rings is 1. The molecule has 124 valence electrons. The minimum absolute atomic E-state index is 0.0811. The zero-order valence-corrected chi connectivity index (χ0v) is 13.5. The number of hydrogen-bond acceptors (Lipinski definition) is 5. The molecule has 0 aliphatic heterocycles. The van der Waals surface area contributed by atoms with Gasteiger partial charge >= 0.3 is 0 Å². The quantitative estimate of drug-likeness (QED) is 0.616. The fourth-order valence-electron chi connectivity index (χ4n) is 2.64. The first-order chi connectivity index (χ1) is 12.2. The van der Waals surface area contributed by atoms with Crippen molar-refractivity contribution in [3.05, 3.63) is 55.1 Å². The average molecular weight is 333 g/mol. The number of rotatable bonds is 4. The molecule has 0 unspecified atom stereocenters. The van der Waals surface area contributed by atoms with Crippen molar-refractivity contribution in [2.24, 2.45) is 7.05 Å². The fourth-order valence-corrected chi connectivity index (χ4v) is 2.64. The number of fused-ring (bicyclic) bond motifs is 1. The maximum atomic E-state index is 12.3. The van der Waals surface area contributed by atoms with Gasteiger partial charge in [0.05, 0.1) is 17.3 Å². The number of hydrogen-bond donors (Lipinski definition) is 1. The van der Waals surface area contributed by atoms with E-state index in [0.717, 1.165) is 16.5 Å². The maximum absolute atomic E-state index is 12.3. The average Bonchev–Trinajstić information content (AvgIpc) is 3.21. The van der Waals surface area contributed by atoms with Crippen LogP contribution in [0.1, 0.15) is 0 Å². The minimum Gasteiger partial charge on any atom is -0.307 e. The highest BCUT2D eigenvalue weighted by Gasteiger charge is 2.12. The zero-order valence-electron chi connectivity index (χ0n) is 13.5. The number of nitrogens with zero attached hydrogens (tertiary/aromatic N) is 6. The van der Waals surface area contributed by atoms with Gasteiger partial charge in [-0.1, -0.05) is 12.1 Å². The number of amides is 1. The van der Waals surface area contributed by atoms with Crippen LogP contribution < -0.4 is 5.32 Å². The van der Waals surface area contributed by atoms with Crippen LogP contribution >= 0.6 is 0 Å². The van der Waals surface area contributed by atoms with Crippen LogP contribution in [0.25, 0.3) is 22.3 Å². The van der Waals surface area contributed by atoms with Crippen molar-refractivity contribution in [3.63, 3.8) is 0 Å². The van der Waals surface area contributed by atoms with E-state index in [2.05, 4.69) is 25.5 Å². The third-order valence-corrected chi connectivity index (χ3v) is 3.78. The highest BCUT2D eigenvalue weighted by molar-refractivity contribution is 5.99. The lowest BCUT2D eigenvalue weighted by atomic mass is 10.2. The SMILES string of the molecule is Cn1nc(NC(=O)Cn2cc(-c3ncccn3)cn2)c2ccccc21. The topological polar surface area (TPSA) is 90.5 Å². The van der Waals surface area contributed by atoms with Gasteiger partial charge in [0.25, 0.3) is 0 Å². The molecule has 4 rings (SSSR count). The molecule has 0 saturated carbocycles. The normalized spacial score (nSPS) is 10.9. The molecular formula is C17H15N7O. The molecule has 1 amide bonds. The van der Waals surface area contributed by atoms with Crippen LogP contribution in [0.2, 0.25) is 0 Å². The number of nitrogens with one attached hydrogen (secondary N) is 1. The molecular weight excluding hydrogens is 318 g/mol. The van der Waals surface area contributed by atoms with Gasteiger partial charge in [-0.25, -0.2) is 9.97 Å². The second kappa shape index (κ2) is 6.16. The second-order valence-corrected chi connectivity index (χ2v) is 5.54. The van der Waals surface area contributed by atoms with Crippen LogP contribution in [0.4, 0.5) is 5.82 Å². The van der Waals surface area contributed by atoms with E-state index >= 15 is 0 Å². The zero-order chi connectivity index (χ0) is 17.2. The van der Waals surface area contributed by atoms with Crippen LogP contribution in [0.5, 0.6) is 0 Å². The summed E-state index contributed by atoms with van der Waals surface area (Å²) < 4.78 is 3.29. The summed E-state index contributed by atoms with van der Waals surface area (Å²) >= 11 is 0. The van der Waals surface area contributed by atoms with Gasteiger partial charge in [-0.05, 0) is 18.2 Å². The van der Waals surface area contributed by atoms with Crippen molar-refractivity contribution in [3.8, 4) is 11.4 Å². The molecule has 1 N–H and O–H groups in total. The smallest absolute Gasteiger partial charge is 0.247 e. The highest BCUT2D eigenvalue weighted by Crippen LogP contribution is 2.21. The Morgan fingerprint density at radius 1 is 1.16 bits per heavy atom. The lowest BCUT2D eigenvalue weighted by Crippen LogP contribution is -2.19. The van der Waals surface area contributed by atoms with Gasteiger partial charge in [0, 0.05) is 31.0 Å². The molecule has 8 heteroatoms. The summed E-state index contributed by atoms with van der Waals surface area (Å²) in [6.07, 6.45) is 6.71. The largest absolute Gasteiger partial charge is 0.307 e. The number of carbonyl (C=O) groups is 1. The van der Waals surface area contributed by atoms with E-state index in [1.807, 2.05) is 31.3 Å². The first-order valence-corrected chi connectivity index (χ1v) is 7.72. The third kappa shape index (κ3) is 2.97. The molecule has 0 spiro atoms. The molecule has 0 radical (unpaired) electrons. The lowest BCUT2D eigenvalue weighted by Gasteiger charge is -2.02. The lowest BCUT2D eigenvalue weighted by molar-refractivity contribution is -0.116. The molecule has 0 aliphatic carbocycles. The minimum atomic E-state index is -0.201. The molecule has 3 heterocycles. The number of para-hydroxylation sites is 1. The molecule has 25 heavy (non-hydrogen) atoms. The summed E-state index contributed by atoms with van der Waals surface area (Å²) in [6, 6.07) is 9.48. The van der Waals surface area contributed by atoms with Crippen molar-refractivity contribution in [2.75, 3.05) is 5.32 Å². The molecule has 0 atom stereocenters. The van der Waals surface area contributed by atoms with Gasteiger partial charge in [0.1, 0.15) is 6.54 Å². The van der Waals surface area contributed by atoms with Crippen LogP contribution in [0, 0.1) is 0 Å². The molecule has 1 aromatic carbocycles. The summed E-state index contributed by atoms with van der Waals surface area (Å²) in [4.78, 5) is 20.7. The van der Waals surface area contributed by atoms with E-state index in [1.54, 1.807) is 40.2 Å². The van der Waals surface area contributed by atoms with Crippen LogP contribution in [0.15, 0.2) is 55.1 Å². The van der Waals surface area contributed by atoms with Crippen LogP contribution in [-0.2, 0) is 18.4 Å². The molecule has 0 bridgehead atoms. The van der Waals surface area contributed by atoms with Gasteiger partial charge in [-0.3, -0.25) is 14.2 Å². The summed E-state index contributed by atoms with van der Waals surface area (Å²) in [5, 5.41) is 12.3. The first-order valence-electron chi connectivity index (χ1n) is 7.72. The number of aromatic nitrogens is 6. The summed E-state index contributed by atoms with van der Waals surface area (Å²) in [5.74, 6) is 0.916. The van der Waals surface area contributed by atoms with Crippen molar-refractivity contribution in [1.82, 2.24) is 29.5 Å². The Morgan fingerprint density at radius 2 is 1.96 bits per heavy atom. The van der Waals surface area contributed by atoms with Gasteiger partial charge < -0.3 is 5.32 Å². The molecule has 0 aliphatic rings. The summed E-state index contributed by atoms with van der Waals surface area (Å²) in [6.45, 7) is 0.0811. The Labute approximate surface area is 143 Å². The van der Waals surface area contributed by atoms with Crippen molar-refractivity contribution in [2.45, 2.75) is 6.54 Å². The molecule has 0 fully saturated rings. The highest BCUT2D eigenvalue weighted by atomic mass is 16.2. The van der Waals surface area contributed by atoms with E-state index < -0.39 is 0 Å². The van der Waals surface area contributed by atoms with Gasteiger partial charge in [-0.15, -0.1) is 0 Å².